The standard InChI is InChI=1S/C24H22O6S/c1-3-22(25)29-17-5-16-28-19-11-13-21(14-12-19)31-24(27)15-8-18-6-9-20(10-7-18)30-23(26)4-2/h3-4,6-15H,1-2,5,16-17H2/b15-8+. The average Bonchev–Trinajstić information content (AvgIpc) is 2.79. The molecule has 31 heavy (non-hydrogen) atoms. The van der Waals surface area contributed by atoms with Crippen LogP contribution in [0.5, 0.6) is 11.5 Å². The minimum Gasteiger partial charge on any atom is -0.493 e. The molecule has 0 saturated heterocycles. The zero-order chi connectivity index (χ0) is 22.5. The summed E-state index contributed by atoms with van der Waals surface area (Å²) < 4.78 is 15.4. The molecule has 0 saturated carbocycles. The Balaban J connectivity index is 1.76. The third-order valence-corrected chi connectivity index (χ3v) is 4.53. The number of thioether (sulfide) groups is 1. The van der Waals surface area contributed by atoms with Gasteiger partial charge in [-0.25, -0.2) is 9.59 Å². The number of carbonyl (C=O) groups excluding carboxylic acids is 3. The summed E-state index contributed by atoms with van der Waals surface area (Å²) in [5.41, 5.74) is 0.801. The Morgan fingerprint density at radius 3 is 2.13 bits per heavy atom. The molecule has 0 aliphatic carbocycles. The summed E-state index contributed by atoms with van der Waals surface area (Å²) in [4.78, 5) is 35.0. The van der Waals surface area contributed by atoms with E-state index in [0.29, 0.717) is 24.5 Å². The monoisotopic (exact) mass is 438 g/mol. The molecule has 0 fully saturated rings. The van der Waals surface area contributed by atoms with E-state index in [0.717, 1.165) is 34.4 Å². The van der Waals surface area contributed by atoms with Crippen molar-refractivity contribution in [2.45, 2.75) is 11.3 Å². The summed E-state index contributed by atoms with van der Waals surface area (Å²) in [6.45, 7) is 7.34. The van der Waals surface area contributed by atoms with Gasteiger partial charge in [0.15, 0.2) is 0 Å². The van der Waals surface area contributed by atoms with E-state index in [1.54, 1.807) is 54.6 Å². The van der Waals surface area contributed by atoms with Gasteiger partial charge < -0.3 is 14.2 Å². The highest BCUT2D eigenvalue weighted by Crippen LogP contribution is 2.23. The number of rotatable bonds is 11. The first kappa shape index (κ1) is 23.7. The lowest BCUT2D eigenvalue weighted by molar-refractivity contribution is -0.138. The summed E-state index contributed by atoms with van der Waals surface area (Å²) >= 11 is 1.10. The van der Waals surface area contributed by atoms with Crippen molar-refractivity contribution in [3.63, 3.8) is 0 Å². The fourth-order valence-corrected chi connectivity index (χ4v) is 2.84. The molecule has 0 heterocycles. The van der Waals surface area contributed by atoms with Crippen molar-refractivity contribution in [2.75, 3.05) is 13.2 Å². The average molecular weight is 439 g/mol. The Morgan fingerprint density at radius 2 is 1.48 bits per heavy atom. The van der Waals surface area contributed by atoms with Gasteiger partial charge in [0, 0.05) is 23.5 Å². The van der Waals surface area contributed by atoms with Crippen LogP contribution in [0.15, 0.2) is 84.8 Å². The van der Waals surface area contributed by atoms with Crippen LogP contribution in [0.1, 0.15) is 12.0 Å². The number of carbonyl (C=O) groups is 3. The molecule has 0 aliphatic rings. The van der Waals surface area contributed by atoms with Gasteiger partial charge in [0.1, 0.15) is 11.5 Å². The lowest BCUT2D eigenvalue weighted by Crippen LogP contribution is -2.06. The predicted molar refractivity (Wildman–Crippen MR) is 120 cm³/mol. The van der Waals surface area contributed by atoms with Crippen molar-refractivity contribution >= 4 is 34.9 Å². The minimum absolute atomic E-state index is 0.125. The highest BCUT2D eigenvalue weighted by atomic mass is 32.2. The quantitative estimate of drug-likeness (QED) is 0.167. The second-order valence-corrected chi connectivity index (χ2v) is 7.07. The highest BCUT2D eigenvalue weighted by Gasteiger charge is 2.03. The summed E-state index contributed by atoms with van der Waals surface area (Å²) in [6.07, 6.45) is 5.94. The van der Waals surface area contributed by atoms with Crippen LogP contribution in [0.2, 0.25) is 0 Å². The highest BCUT2D eigenvalue weighted by molar-refractivity contribution is 8.14. The largest absolute Gasteiger partial charge is 0.493 e. The number of ether oxygens (including phenoxy) is 3. The van der Waals surface area contributed by atoms with Crippen molar-refractivity contribution < 1.29 is 28.6 Å². The first-order valence-electron chi connectivity index (χ1n) is 9.36. The van der Waals surface area contributed by atoms with E-state index >= 15 is 0 Å². The van der Waals surface area contributed by atoms with Gasteiger partial charge in [-0.05, 0) is 59.8 Å². The third kappa shape index (κ3) is 9.18. The molecule has 0 atom stereocenters. The topological polar surface area (TPSA) is 78.9 Å². The van der Waals surface area contributed by atoms with Crippen molar-refractivity contribution in [3.8, 4) is 11.5 Å². The molecule has 0 unspecified atom stereocenters. The molecule has 0 N–H and O–H groups in total. The Morgan fingerprint density at radius 1 is 0.839 bits per heavy atom. The van der Waals surface area contributed by atoms with Crippen molar-refractivity contribution in [1.82, 2.24) is 0 Å². The molecule has 0 aliphatic heterocycles. The van der Waals surface area contributed by atoms with Crippen LogP contribution in [0.3, 0.4) is 0 Å². The normalized spacial score (nSPS) is 10.3. The van der Waals surface area contributed by atoms with Gasteiger partial charge in [-0.15, -0.1) is 0 Å². The summed E-state index contributed by atoms with van der Waals surface area (Å²) in [5.74, 6) is 0.0916. The predicted octanol–water partition coefficient (Wildman–Crippen LogP) is 4.61. The van der Waals surface area contributed by atoms with Gasteiger partial charge in [0.2, 0.25) is 5.12 Å². The van der Waals surface area contributed by atoms with E-state index < -0.39 is 11.9 Å². The minimum atomic E-state index is -0.527. The van der Waals surface area contributed by atoms with Crippen LogP contribution in [0, 0.1) is 0 Å². The van der Waals surface area contributed by atoms with Crippen LogP contribution in [-0.2, 0) is 19.1 Å². The Hall–Kier alpha value is -3.58. The van der Waals surface area contributed by atoms with Gasteiger partial charge >= 0.3 is 11.9 Å². The zero-order valence-corrected chi connectivity index (χ0v) is 17.6. The fraction of sp³-hybridized carbons (Fsp3) is 0.125. The number of hydrogen-bond acceptors (Lipinski definition) is 7. The van der Waals surface area contributed by atoms with E-state index in [4.69, 9.17) is 14.2 Å². The van der Waals surface area contributed by atoms with E-state index in [1.165, 1.54) is 6.08 Å². The second kappa shape index (κ2) is 12.9. The molecule has 0 spiro atoms. The number of hydrogen-bond donors (Lipinski definition) is 0. The second-order valence-electron chi connectivity index (χ2n) is 5.99. The maximum Gasteiger partial charge on any atom is 0.335 e. The molecular weight excluding hydrogens is 416 g/mol. The summed E-state index contributed by atoms with van der Waals surface area (Å²) in [5, 5.41) is -0.125. The Bertz CT molecular complexity index is 945. The third-order valence-electron chi connectivity index (χ3n) is 3.69. The number of benzene rings is 2. The van der Waals surface area contributed by atoms with Crippen molar-refractivity contribution in [2.24, 2.45) is 0 Å². The van der Waals surface area contributed by atoms with E-state index in [-0.39, 0.29) is 11.7 Å². The summed E-state index contributed by atoms with van der Waals surface area (Å²) in [6, 6.07) is 13.9. The summed E-state index contributed by atoms with van der Waals surface area (Å²) in [7, 11) is 0. The molecule has 7 heteroatoms. The Kier molecular flexibility index (Phi) is 9.84. The van der Waals surface area contributed by atoms with Crippen LogP contribution in [-0.4, -0.2) is 30.3 Å². The van der Waals surface area contributed by atoms with Crippen LogP contribution in [0.4, 0.5) is 0 Å². The molecule has 0 amide bonds. The van der Waals surface area contributed by atoms with Crippen LogP contribution >= 0.6 is 11.8 Å². The zero-order valence-electron chi connectivity index (χ0n) is 16.8. The first-order valence-corrected chi connectivity index (χ1v) is 10.2. The maximum atomic E-state index is 12.2. The molecule has 2 aromatic rings. The lowest BCUT2D eigenvalue weighted by Gasteiger charge is -2.07. The molecule has 0 bridgehead atoms. The van der Waals surface area contributed by atoms with Crippen LogP contribution in [0.25, 0.3) is 6.08 Å². The molecule has 0 aromatic heterocycles. The maximum absolute atomic E-state index is 12.2. The van der Waals surface area contributed by atoms with E-state index in [9.17, 15) is 14.4 Å². The van der Waals surface area contributed by atoms with Crippen molar-refractivity contribution in [1.29, 1.82) is 0 Å². The first-order chi connectivity index (χ1) is 15.0. The van der Waals surface area contributed by atoms with E-state index in [2.05, 4.69) is 13.2 Å². The van der Waals surface area contributed by atoms with E-state index in [1.807, 2.05) is 0 Å². The van der Waals surface area contributed by atoms with Gasteiger partial charge in [0.05, 0.1) is 13.2 Å². The van der Waals surface area contributed by atoms with Gasteiger partial charge in [-0.1, -0.05) is 31.4 Å². The SMILES string of the molecule is C=CC(=O)OCCCOc1ccc(SC(=O)/C=C/c2ccc(OC(=O)C=C)cc2)cc1. The van der Waals surface area contributed by atoms with Gasteiger partial charge in [0.25, 0.3) is 0 Å². The van der Waals surface area contributed by atoms with Gasteiger partial charge in [-0.2, -0.15) is 0 Å². The molecule has 2 rings (SSSR count). The number of esters is 2. The molecule has 0 radical (unpaired) electrons. The smallest absolute Gasteiger partial charge is 0.335 e. The Labute approximate surface area is 185 Å². The fourth-order valence-electron chi connectivity index (χ4n) is 2.20. The van der Waals surface area contributed by atoms with Crippen LogP contribution < -0.4 is 9.47 Å². The van der Waals surface area contributed by atoms with Gasteiger partial charge in [-0.3, -0.25) is 4.79 Å². The molecule has 2 aromatic carbocycles. The molecule has 6 nitrogen and oxygen atoms in total. The lowest BCUT2D eigenvalue weighted by atomic mass is 10.2. The molecular formula is C24H22O6S. The van der Waals surface area contributed by atoms with Crippen molar-refractivity contribution in [3.05, 3.63) is 85.5 Å². The molecule has 160 valence electrons.